The van der Waals surface area contributed by atoms with Crippen molar-refractivity contribution in [2.45, 2.75) is 37.1 Å². The molecule has 3 N–H and O–H groups in total. The van der Waals surface area contributed by atoms with Crippen LogP contribution in [0.5, 0.6) is 0 Å². The molecule has 10 heteroatoms. The van der Waals surface area contributed by atoms with Gasteiger partial charge < -0.3 is 20.2 Å². The van der Waals surface area contributed by atoms with Gasteiger partial charge in [-0.25, -0.2) is 17.7 Å². The Kier molecular flexibility index (Phi) is 7.27. The van der Waals surface area contributed by atoms with Crippen molar-refractivity contribution < 1.29 is 17.9 Å². The van der Waals surface area contributed by atoms with Crippen LogP contribution >= 0.6 is 11.3 Å². The maximum absolute atomic E-state index is 12.2. The number of thiophene rings is 1. The summed E-state index contributed by atoms with van der Waals surface area (Å²) in [6.45, 7) is 6.61. The Morgan fingerprint density at radius 2 is 2.00 bits per heavy atom. The van der Waals surface area contributed by atoms with Crippen LogP contribution in [0.3, 0.4) is 0 Å². The summed E-state index contributed by atoms with van der Waals surface area (Å²) in [5.74, 6) is 1.73. The van der Waals surface area contributed by atoms with Crippen LogP contribution in [-0.2, 0) is 22.2 Å². The number of guanidine groups is 1. The number of hydrogen-bond acceptors (Lipinski definition) is 6. The van der Waals surface area contributed by atoms with E-state index in [4.69, 9.17) is 4.42 Å². The third-order valence-corrected chi connectivity index (χ3v) is 7.33. The van der Waals surface area contributed by atoms with Gasteiger partial charge in [-0.3, -0.25) is 0 Å². The normalized spacial score (nSPS) is 14.9. The fourth-order valence-electron chi connectivity index (χ4n) is 2.33. The van der Waals surface area contributed by atoms with Crippen molar-refractivity contribution in [3.05, 3.63) is 40.7 Å². The maximum atomic E-state index is 12.2. The first-order chi connectivity index (χ1) is 13.1. The number of furan rings is 1. The number of nitrogens with zero attached hydrogens (tertiary/aromatic N) is 2. The van der Waals surface area contributed by atoms with E-state index in [-0.39, 0.29) is 10.8 Å². The molecule has 2 aromatic rings. The first kappa shape index (κ1) is 22.4. The Morgan fingerprint density at radius 3 is 2.57 bits per heavy atom. The van der Waals surface area contributed by atoms with E-state index in [0.29, 0.717) is 24.8 Å². The number of nitrogens with one attached hydrogen (secondary N) is 2. The standard InChI is InChI=1S/C18H28N4O4S2/c1-6-19-17(21-12-18(3,23)15-9-7-13(2)26-15)20-11-14-8-10-16(27-14)28(24,25)22(4)5/h7-10,23H,6,11-12H2,1-5H3,(H2,19,20,21). The minimum Gasteiger partial charge on any atom is -0.463 e. The zero-order valence-electron chi connectivity index (χ0n) is 16.8. The lowest BCUT2D eigenvalue weighted by atomic mass is 10.0. The molecule has 0 saturated carbocycles. The summed E-state index contributed by atoms with van der Waals surface area (Å²) < 4.78 is 31.3. The third-order valence-electron chi connectivity index (χ3n) is 3.98. The Labute approximate surface area is 170 Å². The first-order valence-corrected chi connectivity index (χ1v) is 11.1. The Hall–Kier alpha value is -1.88. The summed E-state index contributed by atoms with van der Waals surface area (Å²) >= 11 is 1.19. The Balaban J connectivity index is 2.06. The topological polar surface area (TPSA) is 107 Å². The maximum Gasteiger partial charge on any atom is 0.252 e. The molecule has 0 bridgehead atoms. The lowest BCUT2D eigenvalue weighted by Gasteiger charge is -2.22. The molecule has 1 unspecified atom stereocenters. The average molecular weight is 429 g/mol. The van der Waals surface area contributed by atoms with E-state index in [0.717, 1.165) is 10.6 Å². The summed E-state index contributed by atoms with van der Waals surface area (Å²) in [4.78, 5) is 5.31. The van der Waals surface area contributed by atoms with Crippen LogP contribution in [0.4, 0.5) is 0 Å². The highest BCUT2D eigenvalue weighted by molar-refractivity contribution is 7.91. The second kappa shape index (κ2) is 9.08. The summed E-state index contributed by atoms with van der Waals surface area (Å²) in [6, 6.07) is 6.91. The number of hydrogen-bond donors (Lipinski definition) is 3. The predicted octanol–water partition coefficient (Wildman–Crippen LogP) is 1.86. The average Bonchev–Trinajstić information content (AvgIpc) is 3.27. The van der Waals surface area contributed by atoms with E-state index in [1.54, 1.807) is 31.2 Å². The van der Waals surface area contributed by atoms with Crippen molar-refractivity contribution in [1.29, 1.82) is 0 Å². The summed E-state index contributed by atoms with van der Waals surface area (Å²) in [5, 5.41) is 16.9. The van der Waals surface area contributed by atoms with E-state index in [2.05, 4.69) is 15.6 Å². The highest BCUT2D eigenvalue weighted by Crippen LogP contribution is 2.24. The molecule has 2 aromatic heterocycles. The van der Waals surface area contributed by atoms with E-state index >= 15 is 0 Å². The van der Waals surface area contributed by atoms with E-state index < -0.39 is 15.6 Å². The molecule has 0 saturated heterocycles. The monoisotopic (exact) mass is 428 g/mol. The smallest absolute Gasteiger partial charge is 0.252 e. The highest BCUT2D eigenvalue weighted by Gasteiger charge is 2.27. The molecule has 156 valence electrons. The quantitative estimate of drug-likeness (QED) is 0.438. The second-order valence-electron chi connectivity index (χ2n) is 6.74. The molecule has 0 aliphatic carbocycles. The Morgan fingerprint density at radius 1 is 1.29 bits per heavy atom. The van der Waals surface area contributed by atoms with Gasteiger partial charge in [0, 0.05) is 25.5 Å². The molecule has 0 radical (unpaired) electrons. The molecule has 2 rings (SSSR count). The zero-order chi connectivity index (χ0) is 20.9. The molecule has 1 atom stereocenters. The fourth-order valence-corrected chi connectivity index (χ4v) is 4.78. The van der Waals surface area contributed by atoms with Crippen LogP contribution in [0.15, 0.2) is 37.9 Å². The van der Waals surface area contributed by atoms with Gasteiger partial charge in [0.25, 0.3) is 10.0 Å². The van der Waals surface area contributed by atoms with E-state index in [1.165, 1.54) is 29.7 Å². The van der Waals surface area contributed by atoms with Crippen molar-refractivity contribution in [3.8, 4) is 0 Å². The van der Waals surface area contributed by atoms with Gasteiger partial charge in [-0.05, 0) is 45.0 Å². The first-order valence-electron chi connectivity index (χ1n) is 8.89. The van der Waals surface area contributed by atoms with Crippen molar-refractivity contribution >= 4 is 27.3 Å². The Bertz CT molecular complexity index is 914. The molecule has 8 nitrogen and oxygen atoms in total. The highest BCUT2D eigenvalue weighted by atomic mass is 32.2. The van der Waals surface area contributed by atoms with Gasteiger partial charge in [0.1, 0.15) is 21.3 Å². The van der Waals surface area contributed by atoms with Crippen molar-refractivity contribution in [2.75, 3.05) is 27.2 Å². The second-order valence-corrected chi connectivity index (χ2v) is 10.3. The van der Waals surface area contributed by atoms with Crippen LogP contribution in [0, 0.1) is 6.92 Å². The summed E-state index contributed by atoms with van der Waals surface area (Å²) in [6.07, 6.45) is 0. The van der Waals surface area contributed by atoms with E-state index in [9.17, 15) is 13.5 Å². The van der Waals surface area contributed by atoms with Gasteiger partial charge >= 0.3 is 0 Å². The molecule has 0 aliphatic rings. The molecular weight excluding hydrogens is 400 g/mol. The minimum atomic E-state index is -3.43. The van der Waals surface area contributed by atoms with Gasteiger partial charge in [-0.15, -0.1) is 11.3 Å². The molecule has 0 fully saturated rings. The zero-order valence-corrected chi connectivity index (χ0v) is 18.4. The van der Waals surface area contributed by atoms with Crippen LogP contribution in [0.1, 0.15) is 30.2 Å². The van der Waals surface area contributed by atoms with Gasteiger partial charge in [0.05, 0.1) is 13.1 Å². The lowest BCUT2D eigenvalue weighted by molar-refractivity contribution is 0.0378. The molecule has 28 heavy (non-hydrogen) atoms. The minimum absolute atomic E-state index is 0.205. The fraction of sp³-hybridized carbons (Fsp3) is 0.500. The van der Waals surface area contributed by atoms with Gasteiger partial charge in [0.2, 0.25) is 0 Å². The number of rotatable bonds is 8. The van der Waals surface area contributed by atoms with Gasteiger partial charge in [0.15, 0.2) is 5.96 Å². The number of aliphatic hydroxyl groups is 1. The number of aryl methyl sites for hydroxylation is 1. The molecule has 0 aromatic carbocycles. The van der Waals surface area contributed by atoms with Crippen LogP contribution in [0.25, 0.3) is 0 Å². The van der Waals surface area contributed by atoms with Crippen molar-refractivity contribution in [3.63, 3.8) is 0 Å². The predicted molar refractivity (Wildman–Crippen MR) is 111 cm³/mol. The van der Waals surface area contributed by atoms with Crippen LogP contribution in [-0.4, -0.2) is 51.0 Å². The van der Waals surface area contributed by atoms with Crippen molar-refractivity contribution in [2.24, 2.45) is 4.99 Å². The summed E-state index contributed by atoms with van der Waals surface area (Å²) in [5.41, 5.74) is -1.19. The largest absolute Gasteiger partial charge is 0.463 e. The van der Waals surface area contributed by atoms with E-state index in [1.807, 2.05) is 13.8 Å². The van der Waals surface area contributed by atoms with Gasteiger partial charge in [-0.1, -0.05) is 0 Å². The van der Waals surface area contributed by atoms with Gasteiger partial charge in [-0.2, -0.15) is 0 Å². The molecule has 0 spiro atoms. The third kappa shape index (κ3) is 5.57. The number of sulfonamides is 1. The molecule has 2 heterocycles. The molecule has 0 aliphatic heterocycles. The summed E-state index contributed by atoms with van der Waals surface area (Å²) in [7, 11) is -0.422. The number of aliphatic imine (C=N–C) groups is 1. The van der Waals surface area contributed by atoms with Crippen molar-refractivity contribution in [1.82, 2.24) is 14.9 Å². The molecule has 0 amide bonds. The lowest BCUT2D eigenvalue weighted by Crippen LogP contribution is -2.44. The molecular formula is C18H28N4O4S2. The van der Waals surface area contributed by atoms with Crippen LogP contribution < -0.4 is 10.6 Å². The van der Waals surface area contributed by atoms with Crippen LogP contribution in [0.2, 0.25) is 0 Å². The SMILES string of the molecule is CCNC(=NCc1ccc(S(=O)(=O)N(C)C)s1)NCC(C)(O)c1ccc(C)o1.